The molecule has 2 aromatic carbocycles. The van der Waals surface area contributed by atoms with Crippen molar-refractivity contribution in [2.24, 2.45) is 0 Å². The molecule has 0 radical (unpaired) electrons. The predicted octanol–water partition coefficient (Wildman–Crippen LogP) is 2.13. The maximum absolute atomic E-state index is 6.21. The van der Waals surface area contributed by atoms with Crippen LogP contribution in [-0.4, -0.2) is 4.40 Å². The second-order valence-electron chi connectivity index (χ2n) is 6.72. The summed E-state index contributed by atoms with van der Waals surface area (Å²) in [7, 11) is 0. The number of benzene rings is 2. The molecule has 0 fully saturated rings. The zero-order valence-corrected chi connectivity index (χ0v) is 18.2. The molecule has 0 spiro atoms. The molecule has 0 unspecified atom stereocenters. The highest BCUT2D eigenvalue weighted by Gasteiger charge is 2.23. The lowest BCUT2D eigenvalue weighted by Gasteiger charge is -2.07. The van der Waals surface area contributed by atoms with E-state index >= 15 is 0 Å². The second-order valence-corrected chi connectivity index (χ2v) is 7.16. The minimum absolute atomic E-state index is 0. The van der Waals surface area contributed by atoms with Gasteiger partial charge in [0, 0.05) is 18.9 Å². The molecular formula is C23H22BrClN2O. The van der Waals surface area contributed by atoms with E-state index in [0.717, 1.165) is 28.5 Å². The van der Waals surface area contributed by atoms with Gasteiger partial charge in [-0.25, -0.2) is 4.57 Å². The molecule has 0 amide bonds. The van der Waals surface area contributed by atoms with Gasteiger partial charge in [0.1, 0.15) is 24.5 Å². The normalized spacial score (nSPS) is 10.7. The van der Waals surface area contributed by atoms with Gasteiger partial charge in [-0.05, 0) is 35.4 Å². The SMILES string of the molecule is Cc1c(C)[n+](Cc2ccc(Cl)cc2)c2c(OCc3ccccc3)cccn12.[Br-]. The van der Waals surface area contributed by atoms with Crippen molar-refractivity contribution >= 4 is 17.2 Å². The molecule has 0 saturated heterocycles. The van der Waals surface area contributed by atoms with Crippen LogP contribution in [-0.2, 0) is 13.2 Å². The van der Waals surface area contributed by atoms with Crippen molar-refractivity contribution < 1.29 is 26.3 Å². The number of rotatable bonds is 5. The lowest BCUT2D eigenvalue weighted by atomic mass is 10.2. The van der Waals surface area contributed by atoms with Gasteiger partial charge in [-0.3, -0.25) is 0 Å². The molecule has 0 aliphatic carbocycles. The fourth-order valence-electron chi connectivity index (χ4n) is 3.36. The van der Waals surface area contributed by atoms with E-state index in [1.165, 1.54) is 17.0 Å². The largest absolute Gasteiger partial charge is 1.00 e. The monoisotopic (exact) mass is 456 g/mol. The van der Waals surface area contributed by atoms with Gasteiger partial charge < -0.3 is 21.7 Å². The third kappa shape index (κ3) is 4.08. The summed E-state index contributed by atoms with van der Waals surface area (Å²) >= 11 is 6.04. The third-order valence-corrected chi connectivity index (χ3v) is 5.22. The Bertz CT molecular complexity index is 1080. The zero-order valence-electron chi connectivity index (χ0n) is 15.9. The molecule has 5 heteroatoms. The van der Waals surface area contributed by atoms with Crippen molar-refractivity contribution in [3.05, 3.63) is 100 Å². The Hall–Kier alpha value is -2.30. The van der Waals surface area contributed by atoms with Crippen LogP contribution in [0.25, 0.3) is 5.65 Å². The number of halogens is 2. The van der Waals surface area contributed by atoms with Crippen LogP contribution in [0, 0.1) is 13.8 Å². The molecule has 4 aromatic rings. The van der Waals surface area contributed by atoms with Crippen LogP contribution in [0.4, 0.5) is 0 Å². The van der Waals surface area contributed by atoms with Crippen LogP contribution in [0.2, 0.25) is 5.02 Å². The number of nitrogens with zero attached hydrogens (tertiary/aromatic N) is 2. The van der Waals surface area contributed by atoms with Crippen molar-refractivity contribution in [1.82, 2.24) is 4.40 Å². The van der Waals surface area contributed by atoms with E-state index in [0.29, 0.717) is 6.61 Å². The maximum Gasteiger partial charge on any atom is 0.329 e. The number of aryl methyl sites for hydroxylation is 1. The molecule has 0 saturated carbocycles. The summed E-state index contributed by atoms with van der Waals surface area (Å²) < 4.78 is 10.7. The summed E-state index contributed by atoms with van der Waals surface area (Å²) in [4.78, 5) is 0. The van der Waals surface area contributed by atoms with Crippen LogP contribution >= 0.6 is 11.6 Å². The first kappa shape index (κ1) is 20.4. The Labute approximate surface area is 180 Å². The summed E-state index contributed by atoms with van der Waals surface area (Å²) in [6.07, 6.45) is 2.09. The van der Waals surface area contributed by atoms with Gasteiger partial charge >= 0.3 is 5.65 Å². The molecule has 0 bridgehead atoms. The Balaban J connectivity index is 0.00000225. The van der Waals surface area contributed by atoms with Gasteiger partial charge in [0.15, 0.2) is 0 Å². The van der Waals surface area contributed by atoms with E-state index in [1.807, 2.05) is 42.5 Å². The number of hydrogen-bond acceptors (Lipinski definition) is 1. The Morgan fingerprint density at radius 2 is 1.61 bits per heavy atom. The number of fused-ring (bicyclic) bond motifs is 1. The number of pyridine rings is 1. The van der Waals surface area contributed by atoms with E-state index < -0.39 is 0 Å². The highest BCUT2D eigenvalue weighted by molar-refractivity contribution is 6.30. The quantitative estimate of drug-likeness (QED) is 0.420. The minimum atomic E-state index is 0. The fourth-order valence-corrected chi connectivity index (χ4v) is 3.48. The number of ether oxygens (including phenoxy) is 1. The van der Waals surface area contributed by atoms with Gasteiger partial charge in [-0.1, -0.05) is 54.1 Å². The van der Waals surface area contributed by atoms with Crippen LogP contribution in [0.15, 0.2) is 72.9 Å². The van der Waals surface area contributed by atoms with Crippen molar-refractivity contribution in [3.8, 4) is 5.75 Å². The van der Waals surface area contributed by atoms with E-state index in [9.17, 15) is 0 Å². The van der Waals surface area contributed by atoms with Crippen LogP contribution in [0.1, 0.15) is 22.5 Å². The van der Waals surface area contributed by atoms with E-state index in [4.69, 9.17) is 16.3 Å². The standard InChI is InChI=1S/C23H22ClN2O.BrH/c1-17-18(2)26(15-19-10-12-21(24)13-11-19)23-22(9-6-14-25(17)23)27-16-20-7-4-3-5-8-20;/h3-14H,15-16H2,1-2H3;1H/q+1;/p-1. The van der Waals surface area contributed by atoms with Crippen molar-refractivity contribution in [1.29, 1.82) is 0 Å². The first-order valence-electron chi connectivity index (χ1n) is 9.05. The molecule has 2 aromatic heterocycles. The summed E-state index contributed by atoms with van der Waals surface area (Å²) in [5, 5.41) is 0.755. The van der Waals surface area contributed by atoms with Crippen molar-refractivity contribution in [2.75, 3.05) is 0 Å². The van der Waals surface area contributed by atoms with E-state index in [-0.39, 0.29) is 17.0 Å². The minimum Gasteiger partial charge on any atom is -1.00 e. The molecule has 0 aliphatic heterocycles. The molecule has 0 atom stereocenters. The average molecular weight is 458 g/mol. The first-order chi connectivity index (χ1) is 13.1. The molecule has 4 rings (SSSR count). The third-order valence-electron chi connectivity index (χ3n) is 4.97. The number of aromatic nitrogens is 2. The van der Waals surface area contributed by atoms with Crippen LogP contribution in [0.5, 0.6) is 5.75 Å². The topological polar surface area (TPSA) is 17.5 Å². The molecule has 0 aliphatic rings. The summed E-state index contributed by atoms with van der Waals surface area (Å²) in [6, 6.07) is 22.3. The van der Waals surface area contributed by atoms with Gasteiger partial charge in [-0.15, -0.1) is 0 Å². The molecular weight excluding hydrogens is 436 g/mol. The number of imidazole rings is 1. The molecule has 3 nitrogen and oxygen atoms in total. The zero-order chi connectivity index (χ0) is 18.8. The maximum atomic E-state index is 6.21. The van der Waals surface area contributed by atoms with Crippen LogP contribution in [0.3, 0.4) is 0 Å². The van der Waals surface area contributed by atoms with Gasteiger partial charge in [0.25, 0.3) is 0 Å². The van der Waals surface area contributed by atoms with E-state index in [1.54, 1.807) is 0 Å². The lowest BCUT2D eigenvalue weighted by molar-refractivity contribution is -0.668. The Kier molecular flexibility index (Phi) is 6.42. The summed E-state index contributed by atoms with van der Waals surface area (Å²) in [6.45, 7) is 5.61. The first-order valence-corrected chi connectivity index (χ1v) is 9.42. The fraction of sp³-hybridized carbons (Fsp3) is 0.174. The highest BCUT2D eigenvalue weighted by Crippen LogP contribution is 2.22. The average Bonchev–Trinajstić information content (AvgIpc) is 2.94. The van der Waals surface area contributed by atoms with Gasteiger partial charge in [0.2, 0.25) is 5.75 Å². The van der Waals surface area contributed by atoms with E-state index in [2.05, 4.69) is 53.3 Å². The second kappa shape index (κ2) is 8.80. The Morgan fingerprint density at radius 1 is 0.893 bits per heavy atom. The molecule has 0 N–H and O–H groups in total. The van der Waals surface area contributed by atoms with Gasteiger partial charge in [0.05, 0.1) is 6.20 Å². The van der Waals surface area contributed by atoms with Crippen molar-refractivity contribution in [3.63, 3.8) is 0 Å². The van der Waals surface area contributed by atoms with Crippen molar-refractivity contribution in [2.45, 2.75) is 27.0 Å². The Morgan fingerprint density at radius 3 is 2.32 bits per heavy atom. The lowest BCUT2D eigenvalue weighted by Crippen LogP contribution is -3.00. The van der Waals surface area contributed by atoms with Crippen LogP contribution < -0.4 is 26.3 Å². The number of hydrogen-bond donors (Lipinski definition) is 0. The van der Waals surface area contributed by atoms with Gasteiger partial charge in [-0.2, -0.15) is 4.40 Å². The molecule has 2 heterocycles. The molecule has 144 valence electrons. The summed E-state index contributed by atoms with van der Waals surface area (Å²) in [5.74, 6) is 0.881. The smallest absolute Gasteiger partial charge is 0.329 e. The highest BCUT2D eigenvalue weighted by atomic mass is 79.9. The summed E-state index contributed by atoms with van der Waals surface area (Å²) in [5.41, 5.74) is 5.87. The predicted molar refractivity (Wildman–Crippen MR) is 108 cm³/mol. The molecule has 28 heavy (non-hydrogen) atoms.